The van der Waals surface area contributed by atoms with E-state index in [0.29, 0.717) is 24.0 Å². The van der Waals surface area contributed by atoms with Gasteiger partial charge in [0.15, 0.2) is 0 Å². The molecule has 7 aliphatic rings. The van der Waals surface area contributed by atoms with Crippen molar-refractivity contribution in [3.05, 3.63) is 0 Å². The van der Waals surface area contributed by atoms with E-state index in [1.165, 1.54) is 19.3 Å². The molecule has 0 amide bonds. The van der Waals surface area contributed by atoms with Crippen LogP contribution in [-0.4, -0.2) is 55.6 Å². The minimum Gasteiger partial charge on any atom is -0.469 e. The Hall–Kier alpha value is -0.940. The van der Waals surface area contributed by atoms with Crippen molar-refractivity contribution in [3.8, 4) is 0 Å². The van der Waals surface area contributed by atoms with Gasteiger partial charge in [-0.05, 0) is 44.4 Å². The fourth-order valence-electron chi connectivity index (χ4n) is 9.87. The number of hydrogen-bond donors (Lipinski definition) is 0. The van der Waals surface area contributed by atoms with Crippen LogP contribution in [0.4, 0.5) is 0 Å². The summed E-state index contributed by atoms with van der Waals surface area (Å²) in [7, 11) is 1.54. The lowest BCUT2D eigenvalue weighted by molar-refractivity contribution is -0.201. The van der Waals surface area contributed by atoms with Crippen LogP contribution in [-0.2, 0) is 19.1 Å². The van der Waals surface area contributed by atoms with Gasteiger partial charge < -0.3 is 14.4 Å². The van der Waals surface area contributed by atoms with E-state index in [-0.39, 0.29) is 39.7 Å². The van der Waals surface area contributed by atoms with Gasteiger partial charge in [0.1, 0.15) is 5.78 Å². The van der Waals surface area contributed by atoms with E-state index in [0.717, 1.165) is 45.5 Å². The van der Waals surface area contributed by atoms with E-state index in [2.05, 4.69) is 4.90 Å². The Morgan fingerprint density at radius 3 is 2.76 bits per heavy atom. The standard InChI is InChI=1S/C24H35NO4/c1-15(2)19(26)6-9-22-14-29-24-18-5-8-21(24)7-4-16(22)11-25(12-21)13-23(22,24)10-17(18)20(27)28-3/h15-18H,4-14H2,1-3H3/t16-,17-,18-,21+,22-,23+,24+/m1/s1. The van der Waals surface area contributed by atoms with Crippen LogP contribution in [0, 0.1) is 39.9 Å². The summed E-state index contributed by atoms with van der Waals surface area (Å²) in [5, 5.41) is 0. The van der Waals surface area contributed by atoms with Crippen LogP contribution >= 0.6 is 0 Å². The summed E-state index contributed by atoms with van der Waals surface area (Å²) in [5.74, 6) is 1.32. The highest BCUT2D eigenvalue weighted by atomic mass is 16.5. The first kappa shape index (κ1) is 18.8. The lowest BCUT2D eigenvalue weighted by Gasteiger charge is -2.64. The summed E-state index contributed by atoms with van der Waals surface area (Å²) in [6.45, 7) is 8.21. The first-order valence-electron chi connectivity index (χ1n) is 11.8. The normalized spacial score (nSPS) is 53.4. The summed E-state index contributed by atoms with van der Waals surface area (Å²) in [6.07, 6.45) is 7.32. The van der Waals surface area contributed by atoms with Crippen molar-refractivity contribution < 1.29 is 19.1 Å². The van der Waals surface area contributed by atoms with Crippen molar-refractivity contribution in [2.45, 2.75) is 64.4 Å². The molecule has 5 heteroatoms. The number of rotatable bonds is 5. The summed E-state index contributed by atoms with van der Waals surface area (Å²) in [4.78, 5) is 28.3. The molecular weight excluding hydrogens is 366 g/mol. The Bertz CT molecular complexity index is 781. The second-order valence-corrected chi connectivity index (χ2v) is 11.5. The molecule has 0 N–H and O–H groups in total. The van der Waals surface area contributed by atoms with Crippen LogP contribution in [0.2, 0.25) is 0 Å². The van der Waals surface area contributed by atoms with Gasteiger partial charge in [0, 0.05) is 54.1 Å². The summed E-state index contributed by atoms with van der Waals surface area (Å²) in [5.41, 5.74) is 0.121. The predicted octanol–water partition coefficient (Wildman–Crippen LogP) is 3.06. The minimum absolute atomic E-state index is 0.0228. The molecule has 1 unspecified atom stereocenters. The summed E-state index contributed by atoms with van der Waals surface area (Å²) >= 11 is 0. The number of carbonyl (C=O) groups is 2. The number of carbonyl (C=O) groups excluding carboxylic acids is 2. The largest absolute Gasteiger partial charge is 0.469 e. The molecule has 160 valence electrons. The Morgan fingerprint density at radius 1 is 1.21 bits per heavy atom. The smallest absolute Gasteiger partial charge is 0.309 e. The average molecular weight is 402 g/mol. The SMILES string of the molecule is COC(=O)[C@@H]1C[C@@]23CN4C[C@H]5CC[C@]6(CC[C@H]1[C@]62OC[C@]53CCC(=O)C(C)C)C4. The summed E-state index contributed by atoms with van der Waals surface area (Å²) < 4.78 is 12.4. The van der Waals surface area contributed by atoms with Gasteiger partial charge in [-0.1, -0.05) is 13.8 Å². The van der Waals surface area contributed by atoms with E-state index >= 15 is 0 Å². The second kappa shape index (κ2) is 5.64. The fourth-order valence-corrected chi connectivity index (χ4v) is 9.87. The zero-order valence-electron chi connectivity index (χ0n) is 18.2. The number of esters is 1. The maximum absolute atomic E-state index is 12.9. The number of ketones is 1. The maximum Gasteiger partial charge on any atom is 0.309 e. The van der Waals surface area contributed by atoms with Crippen molar-refractivity contribution in [2.75, 3.05) is 33.4 Å². The molecular formula is C24H35NO4. The number of Topliss-reactive ketones (excluding diaryl/α,β-unsaturated/α-hetero) is 1. The molecule has 7 fully saturated rings. The molecule has 4 saturated heterocycles. The number of methoxy groups -OCH3 is 1. The van der Waals surface area contributed by atoms with E-state index in [9.17, 15) is 9.59 Å². The predicted molar refractivity (Wildman–Crippen MR) is 107 cm³/mol. The van der Waals surface area contributed by atoms with Gasteiger partial charge in [0.05, 0.1) is 25.2 Å². The Labute approximate surface area is 173 Å². The number of piperidine rings is 2. The average Bonchev–Trinajstić information content (AvgIpc) is 3.23. The lowest BCUT2D eigenvalue weighted by Crippen LogP contribution is -2.71. The van der Waals surface area contributed by atoms with Gasteiger partial charge in [-0.2, -0.15) is 0 Å². The third kappa shape index (κ3) is 1.84. The number of nitrogens with zero attached hydrogens (tertiary/aromatic N) is 1. The van der Waals surface area contributed by atoms with Crippen molar-refractivity contribution in [3.63, 3.8) is 0 Å². The molecule has 0 aromatic carbocycles. The van der Waals surface area contributed by atoms with Gasteiger partial charge in [0.25, 0.3) is 0 Å². The van der Waals surface area contributed by atoms with Crippen LogP contribution < -0.4 is 0 Å². The highest BCUT2D eigenvalue weighted by Crippen LogP contribution is 2.84. The van der Waals surface area contributed by atoms with Crippen LogP contribution in [0.1, 0.15) is 58.8 Å². The van der Waals surface area contributed by atoms with Gasteiger partial charge in [-0.15, -0.1) is 0 Å². The van der Waals surface area contributed by atoms with Gasteiger partial charge in [-0.3, -0.25) is 9.59 Å². The molecule has 3 aliphatic carbocycles. The quantitative estimate of drug-likeness (QED) is 0.663. The molecule has 0 aromatic heterocycles. The molecule has 0 aromatic rings. The van der Waals surface area contributed by atoms with Crippen LogP contribution in [0.3, 0.4) is 0 Å². The number of hydrogen-bond acceptors (Lipinski definition) is 5. The molecule has 3 spiro atoms. The monoisotopic (exact) mass is 401 g/mol. The van der Waals surface area contributed by atoms with Crippen molar-refractivity contribution in [2.24, 2.45) is 39.9 Å². The van der Waals surface area contributed by atoms with Crippen molar-refractivity contribution in [1.29, 1.82) is 0 Å². The molecule has 4 aliphatic heterocycles. The zero-order chi connectivity index (χ0) is 20.2. The van der Waals surface area contributed by atoms with Crippen LogP contribution in [0.15, 0.2) is 0 Å². The van der Waals surface area contributed by atoms with Gasteiger partial charge >= 0.3 is 5.97 Å². The molecule has 6 bridgehead atoms. The zero-order valence-corrected chi connectivity index (χ0v) is 18.2. The minimum atomic E-state index is -0.161. The first-order chi connectivity index (χ1) is 13.8. The Morgan fingerprint density at radius 2 is 2.00 bits per heavy atom. The molecule has 5 nitrogen and oxygen atoms in total. The van der Waals surface area contributed by atoms with E-state index in [1.54, 1.807) is 7.11 Å². The molecule has 3 saturated carbocycles. The fraction of sp³-hybridized carbons (Fsp3) is 0.917. The summed E-state index contributed by atoms with van der Waals surface area (Å²) in [6, 6.07) is 0. The molecule has 29 heavy (non-hydrogen) atoms. The molecule has 0 radical (unpaired) electrons. The Kier molecular flexibility index (Phi) is 3.66. The third-order valence-electron chi connectivity index (χ3n) is 10.7. The van der Waals surface area contributed by atoms with Gasteiger partial charge in [0.2, 0.25) is 0 Å². The van der Waals surface area contributed by atoms with E-state index in [1.807, 2.05) is 13.8 Å². The highest BCUT2D eigenvalue weighted by molar-refractivity contribution is 5.80. The molecule has 7 rings (SSSR count). The van der Waals surface area contributed by atoms with E-state index in [4.69, 9.17) is 9.47 Å². The van der Waals surface area contributed by atoms with E-state index < -0.39 is 0 Å². The van der Waals surface area contributed by atoms with Crippen molar-refractivity contribution in [1.82, 2.24) is 4.90 Å². The maximum atomic E-state index is 12.9. The topological polar surface area (TPSA) is 55.8 Å². The lowest BCUT2D eigenvalue weighted by atomic mass is 9.46. The van der Waals surface area contributed by atoms with Crippen molar-refractivity contribution >= 4 is 11.8 Å². The third-order valence-corrected chi connectivity index (χ3v) is 10.7. The number of ether oxygens (including phenoxy) is 2. The first-order valence-corrected chi connectivity index (χ1v) is 11.8. The molecule has 8 atom stereocenters. The Balaban J connectivity index is 1.50. The van der Waals surface area contributed by atoms with Crippen LogP contribution in [0.5, 0.6) is 0 Å². The molecule has 4 heterocycles. The number of fused-ring (bicyclic) bond motifs is 1. The highest BCUT2D eigenvalue weighted by Gasteiger charge is 2.88. The van der Waals surface area contributed by atoms with Gasteiger partial charge in [-0.25, -0.2) is 0 Å². The van der Waals surface area contributed by atoms with Crippen LogP contribution in [0.25, 0.3) is 0 Å². The second-order valence-electron chi connectivity index (χ2n) is 11.5.